The van der Waals surface area contributed by atoms with Gasteiger partial charge < -0.3 is 4.74 Å². The van der Waals surface area contributed by atoms with Crippen molar-refractivity contribution in [2.75, 3.05) is 11.9 Å². The number of alkyl halides is 1. The quantitative estimate of drug-likeness (QED) is 0.479. The highest BCUT2D eigenvalue weighted by Gasteiger charge is 2.07. The summed E-state index contributed by atoms with van der Waals surface area (Å²) in [7, 11) is 0. The number of ether oxygens (including phenoxy) is 1. The fraction of sp³-hybridized carbons (Fsp3) is 0.250. The summed E-state index contributed by atoms with van der Waals surface area (Å²) in [5.74, 6) is -0.961. The van der Waals surface area contributed by atoms with Gasteiger partial charge in [0.15, 0.2) is 0 Å². The van der Waals surface area contributed by atoms with Gasteiger partial charge in [0.25, 0.3) is 0 Å². The lowest BCUT2D eigenvalue weighted by atomic mass is 10.1. The van der Waals surface area contributed by atoms with Gasteiger partial charge in [-0.1, -0.05) is 33.6 Å². The molecule has 0 atom stereocenters. The van der Waals surface area contributed by atoms with Gasteiger partial charge in [-0.2, -0.15) is 0 Å². The van der Waals surface area contributed by atoms with Crippen LogP contribution in [0, 0.1) is 5.82 Å². The third kappa shape index (κ3) is 4.13. The summed E-state index contributed by atoms with van der Waals surface area (Å²) in [5.41, 5.74) is 1.23. The SMILES string of the molecule is CCOC(=O)/C=C(\CBr)c1ccc(Cl)c(F)c1. The van der Waals surface area contributed by atoms with Gasteiger partial charge >= 0.3 is 5.97 Å². The smallest absolute Gasteiger partial charge is 0.331 e. The monoisotopic (exact) mass is 320 g/mol. The third-order valence-electron chi connectivity index (χ3n) is 2.01. The van der Waals surface area contributed by atoms with E-state index in [9.17, 15) is 9.18 Å². The Labute approximate surface area is 113 Å². The third-order valence-corrected chi connectivity index (χ3v) is 2.92. The zero-order valence-corrected chi connectivity index (χ0v) is 11.5. The van der Waals surface area contributed by atoms with Crippen LogP contribution in [0.5, 0.6) is 0 Å². The maximum atomic E-state index is 13.3. The van der Waals surface area contributed by atoms with Gasteiger partial charge in [-0.05, 0) is 30.2 Å². The number of carbonyl (C=O) groups is 1. The highest BCUT2D eigenvalue weighted by molar-refractivity contribution is 9.09. The van der Waals surface area contributed by atoms with Crippen LogP contribution in [0.25, 0.3) is 5.57 Å². The van der Waals surface area contributed by atoms with E-state index >= 15 is 0 Å². The molecule has 0 saturated heterocycles. The number of benzene rings is 1. The molecule has 1 aromatic rings. The molecule has 0 saturated carbocycles. The van der Waals surface area contributed by atoms with Gasteiger partial charge in [-0.3, -0.25) is 0 Å². The lowest BCUT2D eigenvalue weighted by Crippen LogP contribution is -2.01. The van der Waals surface area contributed by atoms with Gasteiger partial charge in [0.05, 0.1) is 11.6 Å². The molecule has 0 radical (unpaired) electrons. The number of esters is 1. The topological polar surface area (TPSA) is 26.3 Å². The molecule has 0 aliphatic heterocycles. The molecule has 0 aromatic heterocycles. The average Bonchev–Trinajstić information content (AvgIpc) is 2.30. The Morgan fingerprint density at radius 2 is 2.29 bits per heavy atom. The number of allylic oxidation sites excluding steroid dienone is 1. The van der Waals surface area contributed by atoms with Crippen LogP contribution in [0.1, 0.15) is 12.5 Å². The summed E-state index contributed by atoms with van der Waals surface area (Å²) in [6.45, 7) is 2.03. The van der Waals surface area contributed by atoms with E-state index < -0.39 is 11.8 Å². The van der Waals surface area contributed by atoms with E-state index in [4.69, 9.17) is 16.3 Å². The summed E-state index contributed by atoms with van der Waals surface area (Å²) in [5, 5.41) is 0.478. The van der Waals surface area contributed by atoms with Crippen molar-refractivity contribution in [2.24, 2.45) is 0 Å². The van der Waals surface area contributed by atoms with Crippen LogP contribution >= 0.6 is 27.5 Å². The van der Waals surface area contributed by atoms with Gasteiger partial charge in [0.2, 0.25) is 0 Å². The molecule has 2 nitrogen and oxygen atoms in total. The Morgan fingerprint density at radius 3 is 2.82 bits per heavy atom. The summed E-state index contributed by atoms with van der Waals surface area (Å²) in [4.78, 5) is 11.3. The minimum atomic E-state index is -0.514. The molecule has 1 rings (SSSR count). The number of rotatable bonds is 4. The number of carbonyl (C=O) groups excluding carboxylic acids is 1. The van der Waals surface area contributed by atoms with Crippen molar-refractivity contribution in [1.29, 1.82) is 0 Å². The van der Waals surface area contributed by atoms with E-state index in [2.05, 4.69) is 15.9 Å². The Balaban J connectivity index is 3.01. The van der Waals surface area contributed by atoms with Gasteiger partial charge in [0, 0.05) is 11.4 Å². The first-order chi connectivity index (χ1) is 8.08. The molecule has 0 aliphatic carbocycles. The molecule has 0 spiro atoms. The van der Waals surface area contributed by atoms with Crippen LogP contribution in [-0.4, -0.2) is 17.9 Å². The summed E-state index contributed by atoms with van der Waals surface area (Å²) < 4.78 is 18.1. The van der Waals surface area contributed by atoms with E-state index in [0.717, 1.165) is 0 Å². The second kappa shape index (κ2) is 6.77. The van der Waals surface area contributed by atoms with Crippen molar-refractivity contribution in [1.82, 2.24) is 0 Å². The van der Waals surface area contributed by atoms with Crippen molar-refractivity contribution < 1.29 is 13.9 Å². The Hall–Kier alpha value is -0.870. The molecule has 17 heavy (non-hydrogen) atoms. The molecular formula is C12H11BrClFO2. The molecule has 0 heterocycles. The summed E-state index contributed by atoms with van der Waals surface area (Å²) in [6.07, 6.45) is 1.33. The average molecular weight is 322 g/mol. The lowest BCUT2D eigenvalue weighted by Gasteiger charge is -2.05. The minimum absolute atomic E-state index is 0.0545. The van der Waals surface area contributed by atoms with Crippen molar-refractivity contribution in [3.05, 3.63) is 40.7 Å². The fourth-order valence-electron chi connectivity index (χ4n) is 1.22. The minimum Gasteiger partial charge on any atom is -0.463 e. The largest absolute Gasteiger partial charge is 0.463 e. The molecule has 0 N–H and O–H groups in total. The van der Waals surface area contributed by atoms with Gasteiger partial charge in [0.1, 0.15) is 5.82 Å². The van der Waals surface area contributed by atoms with Gasteiger partial charge in [-0.25, -0.2) is 9.18 Å². The molecule has 92 valence electrons. The molecule has 0 aliphatic rings. The van der Waals surface area contributed by atoms with Crippen molar-refractivity contribution in [3.8, 4) is 0 Å². The highest BCUT2D eigenvalue weighted by Crippen LogP contribution is 2.22. The van der Waals surface area contributed by atoms with E-state index in [1.807, 2.05) is 0 Å². The summed E-state index contributed by atoms with van der Waals surface area (Å²) >= 11 is 8.83. The molecular weight excluding hydrogens is 310 g/mol. The standard InChI is InChI=1S/C12H11BrClFO2/c1-2-17-12(16)6-9(7-13)8-3-4-10(14)11(15)5-8/h3-6H,2,7H2,1H3/b9-6+. The normalized spacial score (nSPS) is 11.4. The van der Waals surface area contributed by atoms with Crippen molar-refractivity contribution in [2.45, 2.75) is 6.92 Å². The zero-order valence-electron chi connectivity index (χ0n) is 9.17. The maximum absolute atomic E-state index is 13.3. The van der Waals surface area contributed by atoms with Crippen LogP contribution in [0.3, 0.4) is 0 Å². The van der Waals surface area contributed by atoms with E-state index in [1.54, 1.807) is 13.0 Å². The fourth-order valence-corrected chi connectivity index (χ4v) is 1.82. The lowest BCUT2D eigenvalue weighted by molar-refractivity contribution is -0.137. The zero-order chi connectivity index (χ0) is 12.8. The van der Waals surface area contributed by atoms with Crippen molar-refractivity contribution in [3.63, 3.8) is 0 Å². The van der Waals surface area contributed by atoms with E-state index in [-0.39, 0.29) is 5.02 Å². The number of hydrogen-bond donors (Lipinski definition) is 0. The predicted molar refractivity (Wildman–Crippen MR) is 69.8 cm³/mol. The number of hydrogen-bond acceptors (Lipinski definition) is 2. The Kier molecular flexibility index (Phi) is 5.65. The highest BCUT2D eigenvalue weighted by atomic mass is 79.9. The molecule has 0 fully saturated rings. The number of halogens is 3. The second-order valence-corrected chi connectivity index (χ2v) is 4.15. The van der Waals surface area contributed by atoms with Crippen LogP contribution in [0.15, 0.2) is 24.3 Å². The predicted octanol–water partition coefficient (Wildman–Crippen LogP) is 3.82. The van der Waals surface area contributed by atoms with Crippen LogP contribution in [0.4, 0.5) is 4.39 Å². The van der Waals surface area contributed by atoms with E-state index in [0.29, 0.717) is 23.1 Å². The van der Waals surface area contributed by atoms with Crippen LogP contribution in [0.2, 0.25) is 5.02 Å². The second-order valence-electron chi connectivity index (χ2n) is 3.18. The van der Waals surface area contributed by atoms with Crippen molar-refractivity contribution >= 4 is 39.1 Å². The first kappa shape index (κ1) is 14.2. The Morgan fingerprint density at radius 1 is 1.59 bits per heavy atom. The summed E-state index contributed by atoms with van der Waals surface area (Å²) in [6, 6.07) is 4.39. The molecule has 0 bridgehead atoms. The molecule has 0 unspecified atom stereocenters. The molecule has 5 heteroatoms. The first-order valence-electron chi connectivity index (χ1n) is 4.97. The van der Waals surface area contributed by atoms with Crippen LogP contribution in [-0.2, 0) is 9.53 Å². The van der Waals surface area contributed by atoms with Crippen LogP contribution < -0.4 is 0 Å². The van der Waals surface area contributed by atoms with Gasteiger partial charge in [-0.15, -0.1) is 0 Å². The molecule has 0 amide bonds. The first-order valence-corrected chi connectivity index (χ1v) is 6.47. The Bertz CT molecular complexity index is 446. The van der Waals surface area contributed by atoms with E-state index in [1.165, 1.54) is 18.2 Å². The maximum Gasteiger partial charge on any atom is 0.331 e. The molecule has 1 aromatic carbocycles.